The lowest BCUT2D eigenvalue weighted by molar-refractivity contribution is -0.114. The molecule has 0 spiro atoms. The fourth-order valence-electron chi connectivity index (χ4n) is 5.06. The highest BCUT2D eigenvalue weighted by molar-refractivity contribution is 5.92. The Morgan fingerprint density at radius 2 is 2.09 bits per heavy atom. The largest absolute Gasteiger partial charge is 0.378 e. The lowest BCUT2D eigenvalue weighted by Crippen LogP contribution is -2.48. The molecule has 0 aliphatic carbocycles. The van der Waals surface area contributed by atoms with Crippen molar-refractivity contribution in [2.24, 2.45) is 0 Å². The number of carbonyl (C=O) groups excluding carboxylic acids is 1. The Kier molecular flexibility index (Phi) is 5.91. The quantitative estimate of drug-likeness (QED) is 0.600. The normalized spacial score (nSPS) is 21.4. The minimum absolute atomic E-state index is 0.143. The van der Waals surface area contributed by atoms with Gasteiger partial charge in [-0.1, -0.05) is 0 Å². The highest BCUT2D eigenvalue weighted by atomic mass is 16.5. The molecule has 180 valence electrons. The first kappa shape index (κ1) is 23.0. The number of fused-ring (bicyclic) bond motifs is 1. The number of hydrogen-bond acceptors (Lipinski definition) is 6. The van der Waals surface area contributed by atoms with Crippen LogP contribution in [0.25, 0.3) is 16.7 Å². The molecule has 2 aliphatic heterocycles. The molecule has 2 fully saturated rings. The Morgan fingerprint density at radius 3 is 2.74 bits per heavy atom. The average molecular weight is 464 g/mol. The van der Waals surface area contributed by atoms with Gasteiger partial charge in [0.15, 0.2) is 0 Å². The van der Waals surface area contributed by atoms with E-state index in [4.69, 9.17) is 14.5 Å². The van der Waals surface area contributed by atoms with Crippen LogP contribution in [-0.4, -0.2) is 64.8 Å². The van der Waals surface area contributed by atoms with Crippen LogP contribution in [0.2, 0.25) is 0 Å². The number of rotatable bonds is 6. The summed E-state index contributed by atoms with van der Waals surface area (Å²) in [7, 11) is 1.73. The van der Waals surface area contributed by atoms with Crippen molar-refractivity contribution in [2.75, 3.05) is 38.7 Å². The van der Waals surface area contributed by atoms with Gasteiger partial charge < -0.3 is 19.4 Å². The van der Waals surface area contributed by atoms with Gasteiger partial charge in [-0.05, 0) is 44.0 Å². The summed E-state index contributed by atoms with van der Waals surface area (Å²) < 4.78 is 13.7. The van der Waals surface area contributed by atoms with Crippen molar-refractivity contribution in [3.63, 3.8) is 0 Å². The summed E-state index contributed by atoms with van der Waals surface area (Å²) in [4.78, 5) is 23.7. The van der Waals surface area contributed by atoms with Crippen molar-refractivity contribution in [1.29, 1.82) is 0 Å². The molecule has 2 aliphatic rings. The summed E-state index contributed by atoms with van der Waals surface area (Å²) in [5.74, 6) is 1.66. The maximum Gasteiger partial charge on any atom is 0.222 e. The van der Waals surface area contributed by atoms with Gasteiger partial charge in [-0.25, -0.2) is 9.97 Å². The Bertz CT molecular complexity index is 1220. The minimum atomic E-state index is -0.527. The van der Waals surface area contributed by atoms with Gasteiger partial charge >= 0.3 is 0 Å². The van der Waals surface area contributed by atoms with Crippen LogP contribution in [-0.2, 0) is 19.9 Å². The van der Waals surface area contributed by atoms with Crippen LogP contribution in [0, 0.1) is 6.92 Å². The maximum absolute atomic E-state index is 11.7. The number of carbonyl (C=O) groups is 1. The van der Waals surface area contributed by atoms with Gasteiger partial charge in [0.05, 0.1) is 17.8 Å². The fourth-order valence-corrected chi connectivity index (χ4v) is 5.06. The number of ether oxygens (including phenoxy) is 2. The molecule has 0 aromatic carbocycles. The van der Waals surface area contributed by atoms with Crippen LogP contribution in [0.1, 0.15) is 49.9 Å². The van der Waals surface area contributed by atoms with E-state index in [1.165, 1.54) is 12.5 Å². The van der Waals surface area contributed by atoms with Crippen LogP contribution in [0.15, 0.2) is 30.6 Å². The number of amides is 1. The summed E-state index contributed by atoms with van der Waals surface area (Å²) in [6.45, 7) is 11.3. The first-order valence-electron chi connectivity index (χ1n) is 11.9. The van der Waals surface area contributed by atoms with Crippen LogP contribution in [0.4, 0.5) is 5.82 Å². The smallest absolute Gasteiger partial charge is 0.222 e. The van der Waals surface area contributed by atoms with E-state index >= 15 is 0 Å². The summed E-state index contributed by atoms with van der Waals surface area (Å²) >= 11 is 0. The summed E-state index contributed by atoms with van der Waals surface area (Å²) in [5.41, 5.74) is 3.72. The molecular formula is C26H33N5O3. The first-order valence-corrected chi connectivity index (χ1v) is 11.9. The molecule has 3 aromatic rings. The molecule has 34 heavy (non-hydrogen) atoms. The molecule has 5 rings (SSSR count). The molecule has 1 N–H and O–H groups in total. The third-order valence-electron chi connectivity index (χ3n) is 7.15. The van der Waals surface area contributed by atoms with Crippen LogP contribution >= 0.6 is 0 Å². The molecule has 0 saturated carbocycles. The van der Waals surface area contributed by atoms with Crippen molar-refractivity contribution >= 4 is 22.6 Å². The predicted molar refractivity (Wildman–Crippen MR) is 131 cm³/mol. The van der Waals surface area contributed by atoms with Crippen molar-refractivity contribution in [3.8, 4) is 5.82 Å². The van der Waals surface area contributed by atoms with E-state index < -0.39 is 5.60 Å². The number of hydrogen-bond donors (Lipinski definition) is 1. The lowest BCUT2D eigenvalue weighted by atomic mass is 9.90. The van der Waals surface area contributed by atoms with Gasteiger partial charge in [-0.15, -0.1) is 0 Å². The molecule has 1 amide bonds. The second-order valence-corrected chi connectivity index (χ2v) is 9.86. The highest BCUT2D eigenvalue weighted by Gasteiger charge is 2.39. The van der Waals surface area contributed by atoms with Crippen molar-refractivity contribution in [2.45, 2.75) is 51.7 Å². The van der Waals surface area contributed by atoms with Crippen molar-refractivity contribution in [3.05, 3.63) is 47.4 Å². The van der Waals surface area contributed by atoms with Gasteiger partial charge in [0.25, 0.3) is 0 Å². The Morgan fingerprint density at radius 1 is 1.29 bits per heavy atom. The number of anilines is 1. The predicted octanol–water partition coefficient (Wildman–Crippen LogP) is 3.76. The van der Waals surface area contributed by atoms with E-state index in [9.17, 15) is 4.79 Å². The molecular weight excluding hydrogens is 430 g/mol. The standard InChI is InChI=1S/C26H33N5O3/c1-16(2)30-12-19(13-30)21-14-31(22-10-24(28-18(4)32)27-11-20(21)22)25-9-17(3)8-23(29-25)26(33-5)6-7-34-15-26/h8-11,14,16,19H,6-7,12-13,15H2,1-5H3,(H,27,28,32). The number of likely N-dealkylation sites (tertiary alicyclic amines) is 1. The molecule has 1 atom stereocenters. The molecule has 5 heterocycles. The molecule has 2 saturated heterocycles. The molecule has 1 unspecified atom stereocenters. The molecule has 0 bridgehead atoms. The van der Waals surface area contributed by atoms with E-state index in [0.29, 0.717) is 31.0 Å². The summed E-state index contributed by atoms with van der Waals surface area (Å²) in [6, 6.07) is 6.65. The number of aryl methyl sites for hydroxylation is 1. The fraction of sp³-hybridized carbons (Fsp3) is 0.500. The number of aromatic nitrogens is 3. The van der Waals surface area contributed by atoms with Crippen molar-refractivity contribution in [1.82, 2.24) is 19.4 Å². The zero-order valence-electron chi connectivity index (χ0n) is 20.6. The zero-order chi connectivity index (χ0) is 24.0. The third-order valence-corrected chi connectivity index (χ3v) is 7.15. The molecule has 8 heteroatoms. The second-order valence-electron chi connectivity index (χ2n) is 9.86. The van der Waals surface area contributed by atoms with Crippen LogP contribution in [0.5, 0.6) is 0 Å². The van der Waals surface area contributed by atoms with E-state index in [-0.39, 0.29) is 5.91 Å². The Hall–Kier alpha value is -2.81. The van der Waals surface area contributed by atoms with E-state index in [0.717, 1.165) is 47.5 Å². The van der Waals surface area contributed by atoms with E-state index in [2.05, 4.69) is 58.9 Å². The van der Waals surface area contributed by atoms with Gasteiger partial charge in [-0.2, -0.15) is 0 Å². The molecule has 8 nitrogen and oxygen atoms in total. The first-order chi connectivity index (χ1) is 16.3. The van der Waals surface area contributed by atoms with E-state index in [1.807, 2.05) is 12.3 Å². The number of pyridine rings is 2. The minimum Gasteiger partial charge on any atom is -0.378 e. The lowest BCUT2D eigenvalue weighted by Gasteiger charge is -2.42. The van der Waals surface area contributed by atoms with Gasteiger partial charge in [-0.3, -0.25) is 9.69 Å². The topological polar surface area (TPSA) is 81.5 Å². The maximum atomic E-state index is 11.7. The molecule has 3 aromatic heterocycles. The van der Waals surface area contributed by atoms with E-state index in [1.54, 1.807) is 7.11 Å². The monoisotopic (exact) mass is 463 g/mol. The second kappa shape index (κ2) is 8.76. The van der Waals surface area contributed by atoms with Crippen molar-refractivity contribution < 1.29 is 14.3 Å². The third kappa shape index (κ3) is 4.00. The summed E-state index contributed by atoms with van der Waals surface area (Å²) in [6.07, 6.45) is 4.85. The number of nitrogens with one attached hydrogen (secondary N) is 1. The zero-order valence-corrected chi connectivity index (χ0v) is 20.6. The average Bonchev–Trinajstić information content (AvgIpc) is 3.37. The van der Waals surface area contributed by atoms with Crippen LogP contribution in [0.3, 0.4) is 0 Å². The van der Waals surface area contributed by atoms with Gasteiger partial charge in [0.1, 0.15) is 17.2 Å². The van der Waals surface area contributed by atoms with Gasteiger partial charge in [0.2, 0.25) is 5.91 Å². The molecule has 0 radical (unpaired) electrons. The SMILES string of the molecule is COC1(c2cc(C)cc(-n3cc(C4CN(C(C)C)C4)c4cnc(NC(C)=O)cc43)n2)CCOC1. The van der Waals surface area contributed by atoms with Crippen LogP contribution < -0.4 is 5.32 Å². The summed E-state index contributed by atoms with van der Waals surface area (Å²) in [5, 5.41) is 3.91. The highest BCUT2D eigenvalue weighted by Crippen LogP contribution is 2.38. The van der Waals surface area contributed by atoms with Gasteiger partial charge in [0, 0.05) is 76.0 Å². The number of nitrogens with zero attached hydrogens (tertiary/aromatic N) is 4. The Balaban J connectivity index is 1.63. The number of methoxy groups -OCH3 is 1. The Labute approximate surface area is 200 Å².